The van der Waals surface area contributed by atoms with E-state index in [-0.39, 0.29) is 0 Å². The van der Waals surface area contributed by atoms with Crippen LogP contribution in [-0.4, -0.2) is 37.8 Å². The first-order chi connectivity index (χ1) is 3.63. The van der Waals surface area contributed by atoms with Crippen LogP contribution in [-0.2, 0) is 0 Å². The van der Waals surface area contributed by atoms with E-state index in [4.69, 9.17) is 0 Å². The summed E-state index contributed by atoms with van der Waals surface area (Å²) in [7, 11) is 9.07. The molecule has 0 aromatic carbocycles. The van der Waals surface area contributed by atoms with E-state index in [0.717, 1.165) is 8.19 Å². The van der Waals surface area contributed by atoms with Gasteiger partial charge in [0.1, 0.15) is 0 Å². The summed E-state index contributed by atoms with van der Waals surface area (Å²) in [6.07, 6.45) is 0. The SMILES string of the molecule is CN(C)C#[P+]N(C)C. The fraction of sp³-hybridized carbons (Fsp3) is 0.800. The van der Waals surface area contributed by atoms with Crippen LogP contribution in [0, 0.1) is 5.75 Å². The first-order valence-corrected chi connectivity index (χ1v) is 3.28. The van der Waals surface area contributed by atoms with Crippen molar-refractivity contribution >= 4 is 8.19 Å². The predicted molar refractivity (Wildman–Crippen MR) is 38.2 cm³/mol. The van der Waals surface area contributed by atoms with Gasteiger partial charge in [-0.1, -0.05) is 0 Å². The Balaban J connectivity index is 3.50. The van der Waals surface area contributed by atoms with Gasteiger partial charge in [-0.3, -0.25) is 0 Å². The van der Waals surface area contributed by atoms with E-state index in [2.05, 4.69) is 5.75 Å². The number of hydrogen-bond donors (Lipinski definition) is 0. The third kappa shape index (κ3) is 6.13. The Morgan fingerprint density at radius 3 is 1.75 bits per heavy atom. The van der Waals surface area contributed by atoms with Crippen LogP contribution in [0.5, 0.6) is 0 Å². The quantitative estimate of drug-likeness (QED) is 0.356. The molecule has 0 atom stereocenters. The van der Waals surface area contributed by atoms with Gasteiger partial charge in [0, 0.05) is 0 Å². The van der Waals surface area contributed by atoms with Gasteiger partial charge in [-0.25, -0.2) is 0 Å². The molecular formula is C5H12N2P+. The van der Waals surface area contributed by atoms with E-state index >= 15 is 0 Å². The molecule has 0 bridgehead atoms. The molecule has 0 radical (unpaired) electrons. The van der Waals surface area contributed by atoms with Gasteiger partial charge in [0.05, 0.1) is 0 Å². The predicted octanol–water partition coefficient (Wildman–Crippen LogP) is 0.887. The van der Waals surface area contributed by atoms with E-state index in [1.54, 1.807) is 0 Å². The summed E-state index contributed by atoms with van der Waals surface area (Å²) in [5.74, 6) is 3.08. The molecule has 0 unspecified atom stereocenters. The van der Waals surface area contributed by atoms with Crippen molar-refractivity contribution in [3.63, 3.8) is 0 Å². The van der Waals surface area contributed by atoms with Crippen molar-refractivity contribution in [2.75, 3.05) is 28.2 Å². The number of rotatable bonds is 0. The fourth-order valence-corrected chi connectivity index (χ4v) is 0.537. The maximum absolute atomic E-state index is 3.08. The second kappa shape index (κ2) is 4.05. The van der Waals surface area contributed by atoms with E-state index in [1.165, 1.54) is 0 Å². The third-order valence-electron chi connectivity index (χ3n) is 0.445. The summed E-state index contributed by atoms with van der Waals surface area (Å²) in [5.41, 5.74) is 0. The van der Waals surface area contributed by atoms with Crippen molar-refractivity contribution in [3.05, 3.63) is 0 Å². The molecule has 2 nitrogen and oxygen atoms in total. The van der Waals surface area contributed by atoms with Crippen LogP contribution in [0.2, 0.25) is 0 Å². The van der Waals surface area contributed by atoms with Gasteiger partial charge in [0.25, 0.3) is 0 Å². The molecule has 0 aromatic heterocycles. The molecule has 8 heavy (non-hydrogen) atoms. The zero-order chi connectivity index (χ0) is 6.57. The molecule has 0 aliphatic carbocycles. The Morgan fingerprint density at radius 2 is 1.62 bits per heavy atom. The molecule has 0 spiro atoms. The first kappa shape index (κ1) is 8.13. The molecule has 46 valence electrons. The van der Waals surface area contributed by atoms with Gasteiger partial charge >= 0.3 is 51.7 Å². The Morgan fingerprint density at radius 1 is 1.12 bits per heavy atom. The zero-order valence-electron chi connectivity index (χ0n) is 5.84. The molecule has 0 saturated heterocycles. The molecule has 0 saturated carbocycles. The molecule has 0 heterocycles. The van der Waals surface area contributed by atoms with E-state index in [1.807, 2.05) is 37.8 Å². The van der Waals surface area contributed by atoms with Gasteiger partial charge in [0.2, 0.25) is 0 Å². The Labute approximate surface area is 52.6 Å². The van der Waals surface area contributed by atoms with Crippen molar-refractivity contribution in [2.45, 2.75) is 0 Å². The van der Waals surface area contributed by atoms with Crippen LogP contribution in [0.3, 0.4) is 0 Å². The van der Waals surface area contributed by atoms with Gasteiger partial charge in [-0.15, -0.1) is 0 Å². The first-order valence-electron chi connectivity index (χ1n) is 2.44. The minimum atomic E-state index is 1.11. The van der Waals surface area contributed by atoms with E-state index < -0.39 is 0 Å². The summed E-state index contributed by atoms with van der Waals surface area (Å²) < 4.78 is 2.04. The van der Waals surface area contributed by atoms with E-state index in [9.17, 15) is 0 Å². The van der Waals surface area contributed by atoms with Crippen LogP contribution < -0.4 is 0 Å². The van der Waals surface area contributed by atoms with Crippen molar-refractivity contribution < 1.29 is 0 Å². The Bertz CT molecular complexity index is 97.3. The topological polar surface area (TPSA) is 6.48 Å². The maximum atomic E-state index is 3.08. The van der Waals surface area contributed by atoms with Crippen LogP contribution in [0.4, 0.5) is 0 Å². The average Bonchev–Trinajstić information content (AvgIpc) is 1.61. The zero-order valence-corrected chi connectivity index (χ0v) is 6.74. The molecule has 3 heteroatoms. The van der Waals surface area contributed by atoms with Crippen LogP contribution in [0.25, 0.3) is 0 Å². The third-order valence-corrected chi connectivity index (χ3v) is 1.33. The summed E-state index contributed by atoms with van der Waals surface area (Å²) in [6, 6.07) is 0. The van der Waals surface area contributed by atoms with Gasteiger partial charge in [-0.2, -0.15) is 0 Å². The second-order valence-corrected chi connectivity index (χ2v) is 3.14. The van der Waals surface area contributed by atoms with Crippen molar-refractivity contribution in [2.24, 2.45) is 0 Å². The van der Waals surface area contributed by atoms with Crippen LogP contribution >= 0.6 is 8.19 Å². The summed E-state index contributed by atoms with van der Waals surface area (Å²) in [6.45, 7) is 0. The molecular weight excluding hydrogens is 119 g/mol. The van der Waals surface area contributed by atoms with Crippen molar-refractivity contribution in [3.8, 4) is 5.75 Å². The Kier molecular flexibility index (Phi) is 4.12. The second-order valence-electron chi connectivity index (χ2n) is 1.94. The summed E-state index contributed by atoms with van der Waals surface area (Å²) >= 11 is 0. The molecule has 0 aliphatic heterocycles. The van der Waals surface area contributed by atoms with Gasteiger partial charge in [0.15, 0.2) is 0 Å². The number of nitrogens with zero attached hydrogens (tertiary/aromatic N) is 2. The number of hydrogen-bond acceptors (Lipinski definition) is 2. The molecule has 0 rings (SSSR count). The van der Waals surface area contributed by atoms with Crippen LogP contribution in [0.1, 0.15) is 0 Å². The molecule has 0 fully saturated rings. The van der Waals surface area contributed by atoms with Crippen molar-refractivity contribution in [1.82, 2.24) is 9.57 Å². The molecule has 0 aliphatic rings. The monoisotopic (exact) mass is 131 g/mol. The summed E-state index contributed by atoms with van der Waals surface area (Å²) in [4.78, 5) is 1.92. The summed E-state index contributed by atoms with van der Waals surface area (Å²) in [5, 5.41) is 0. The standard InChI is InChI=1S/C5H12N2P/c1-6(2)5-8-7(3)4/h1-4H3/q+1. The molecule has 0 amide bonds. The molecule has 0 aromatic rings. The minimum absolute atomic E-state index is 1.11. The van der Waals surface area contributed by atoms with Gasteiger partial charge < -0.3 is 0 Å². The Hall–Kier alpha value is 0.130. The van der Waals surface area contributed by atoms with Crippen LogP contribution in [0.15, 0.2) is 0 Å². The van der Waals surface area contributed by atoms with Gasteiger partial charge in [-0.05, 0) is 0 Å². The van der Waals surface area contributed by atoms with Crippen molar-refractivity contribution in [1.29, 1.82) is 0 Å². The fourth-order valence-electron chi connectivity index (χ4n) is 0.179. The van der Waals surface area contributed by atoms with E-state index in [0.29, 0.717) is 0 Å². The molecule has 0 N–H and O–H groups in total. The average molecular weight is 131 g/mol. The normalized spacial score (nSPS) is 9.75.